The maximum atomic E-state index is 11.8. The molecule has 134 valence electrons. The zero-order valence-electron chi connectivity index (χ0n) is 13.7. The van der Waals surface area contributed by atoms with E-state index in [2.05, 4.69) is 11.9 Å². The Labute approximate surface area is 148 Å². The zero-order valence-corrected chi connectivity index (χ0v) is 14.6. The van der Waals surface area contributed by atoms with Gasteiger partial charge in [0.15, 0.2) is 0 Å². The van der Waals surface area contributed by atoms with Crippen LogP contribution in [0.25, 0.3) is 0 Å². The zero-order chi connectivity index (χ0) is 17.6. The topological polar surface area (TPSA) is 73.9 Å². The van der Waals surface area contributed by atoms with Gasteiger partial charge in [-0.2, -0.15) is 0 Å². The third-order valence-electron chi connectivity index (χ3n) is 2.74. The first kappa shape index (κ1) is 20.1. The van der Waals surface area contributed by atoms with Gasteiger partial charge in [-0.3, -0.25) is 0 Å². The van der Waals surface area contributed by atoms with Gasteiger partial charge in [0.2, 0.25) is 0 Å². The van der Waals surface area contributed by atoms with Crippen molar-refractivity contribution >= 4 is 23.8 Å². The summed E-state index contributed by atoms with van der Waals surface area (Å²) in [7, 11) is 0. The van der Waals surface area contributed by atoms with Gasteiger partial charge < -0.3 is 19.5 Å². The fraction of sp³-hybridized carbons (Fsp3) is 0.412. The molecule has 0 fully saturated rings. The van der Waals surface area contributed by atoms with E-state index in [1.54, 1.807) is 11.8 Å². The number of esters is 1. The van der Waals surface area contributed by atoms with Crippen LogP contribution in [0.15, 0.2) is 47.9 Å². The number of ether oxygens (including phenoxy) is 3. The van der Waals surface area contributed by atoms with E-state index < -0.39 is 12.1 Å². The number of carbonyl (C=O) groups excluding carboxylic acids is 2. The summed E-state index contributed by atoms with van der Waals surface area (Å²) in [6.45, 7) is 6.29. The molecule has 0 heterocycles. The summed E-state index contributed by atoms with van der Waals surface area (Å²) in [6, 6.07) is 9.85. The Bertz CT molecular complexity index is 515. The fourth-order valence-electron chi connectivity index (χ4n) is 1.63. The molecule has 1 atom stereocenters. The van der Waals surface area contributed by atoms with Crippen molar-refractivity contribution in [3.8, 4) is 0 Å². The first-order valence-electron chi connectivity index (χ1n) is 7.65. The van der Waals surface area contributed by atoms with Crippen LogP contribution in [0.4, 0.5) is 4.79 Å². The summed E-state index contributed by atoms with van der Waals surface area (Å²) in [5.74, 6) is 0.0572. The van der Waals surface area contributed by atoms with Crippen LogP contribution in [0.5, 0.6) is 0 Å². The molecule has 0 saturated heterocycles. The van der Waals surface area contributed by atoms with Gasteiger partial charge in [0.05, 0.1) is 13.2 Å². The Morgan fingerprint density at radius 3 is 2.79 bits per heavy atom. The molecular formula is C17H25NO5S. The van der Waals surface area contributed by atoms with Crippen LogP contribution in [-0.2, 0) is 19.0 Å². The van der Waals surface area contributed by atoms with Crippen molar-refractivity contribution in [1.29, 1.82) is 0 Å². The Balaban J connectivity index is 0.00000576. The maximum Gasteiger partial charge on any atom is 0.407 e. The second-order valence-corrected chi connectivity index (χ2v) is 5.70. The van der Waals surface area contributed by atoms with Gasteiger partial charge in [-0.25, -0.2) is 9.59 Å². The van der Waals surface area contributed by atoms with Gasteiger partial charge in [0.25, 0.3) is 0 Å². The fourth-order valence-corrected chi connectivity index (χ4v) is 2.52. The van der Waals surface area contributed by atoms with Crippen LogP contribution in [0.2, 0.25) is 0 Å². The molecule has 0 aliphatic heterocycles. The molecular weight excluding hydrogens is 330 g/mol. The van der Waals surface area contributed by atoms with Crippen molar-refractivity contribution in [3.63, 3.8) is 0 Å². The summed E-state index contributed by atoms with van der Waals surface area (Å²) in [5.41, 5.74) is 0. The molecule has 0 saturated carbocycles. The van der Waals surface area contributed by atoms with E-state index in [0.29, 0.717) is 19.0 Å². The van der Waals surface area contributed by atoms with Gasteiger partial charge in [0.1, 0.15) is 12.7 Å². The third kappa shape index (κ3) is 9.22. The van der Waals surface area contributed by atoms with E-state index in [1.807, 2.05) is 37.3 Å². The van der Waals surface area contributed by atoms with E-state index in [-0.39, 0.29) is 20.7 Å². The van der Waals surface area contributed by atoms with Crippen molar-refractivity contribution in [1.82, 2.24) is 5.32 Å². The molecule has 1 rings (SSSR count). The Morgan fingerprint density at radius 2 is 2.12 bits per heavy atom. The van der Waals surface area contributed by atoms with Crippen LogP contribution >= 0.6 is 11.8 Å². The molecule has 0 radical (unpaired) electrons. The molecule has 7 heteroatoms. The number of benzene rings is 1. The van der Waals surface area contributed by atoms with Gasteiger partial charge in [0, 0.05) is 24.8 Å². The van der Waals surface area contributed by atoms with E-state index in [9.17, 15) is 9.59 Å². The Kier molecular flexibility index (Phi) is 10.4. The molecule has 0 spiro atoms. The molecule has 1 N–H and O–H groups in total. The lowest BCUT2D eigenvalue weighted by Gasteiger charge is -2.18. The number of amides is 1. The average Bonchev–Trinajstić information content (AvgIpc) is 2.61. The third-order valence-corrected chi connectivity index (χ3v) is 3.89. The van der Waals surface area contributed by atoms with Gasteiger partial charge >= 0.3 is 12.1 Å². The van der Waals surface area contributed by atoms with Crippen molar-refractivity contribution in [2.24, 2.45) is 0 Å². The van der Waals surface area contributed by atoms with E-state index in [4.69, 9.17) is 14.2 Å². The minimum absolute atomic E-state index is 0. The average molecular weight is 355 g/mol. The molecule has 0 aliphatic carbocycles. The highest BCUT2D eigenvalue weighted by molar-refractivity contribution is 7.99. The van der Waals surface area contributed by atoms with Crippen LogP contribution in [0, 0.1) is 0 Å². The summed E-state index contributed by atoms with van der Waals surface area (Å²) < 4.78 is 15.5. The first-order valence-corrected chi connectivity index (χ1v) is 8.63. The Morgan fingerprint density at radius 1 is 1.38 bits per heavy atom. The molecule has 0 bridgehead atoms. The number of carbonyl (C=O) groups is 2. The second kappa shape index (κ2) is 12.4. The molecule has 1 aromatic carbocycles. The molecule has 1 aromatic rings. The van der Waals surface area contributed by atoms with Crippen molar-refractivity contribution < 1.29 is 25.2 Å². The number of nitrogens with one attached hydrogen (secondary N) is 1. The highest BCUT2D eigenvalue weighted by Gasteiger charge is 2.15. The largest absolute Gasteiger partial charge is 0.461 e. The number of alkyl carbamates (subject to hydrolysis) is 1. The number of rotatable bonds is 11. The summed E-state index contributed by atoms with van der Waals surface area (Å²) >= 11 is 1.59. The van der Waals surface area contributed by atoms with Crippen LogP contribution in [0.1, 0.15) is 8.35 Å². The minimum Gasteiger partial charge on any atom is -0.461 e. The lowest BCUT2D eigenvalue weighted by molar-refractivity contribution is -0.137. The van der Waals surface area contributed by atoms with E-state index in [0.717, 1.165) is 11.0 Å². The van der Waals surface area contributed by atoms with Crippen molar-refractivity contribution in [3.05, 3.63) is 43.0 Å². The quantitative estimate of drug-likeness (QED) is 0.285. The molecule has 1 amide bonds. The van der Waals surface area contributed by atoms with E-state index in [1.165, 1.54) is 0 Å². The monoisotopic (exact) mass is 355 g/mol. The minimum atomic E-state index is -0.567. The summed E-state index contributed by atoms with van der Waals surface area (Å²) in [5, 5.41) is 2.53. The highest BCUT2D eigenvalue weighted by atomic mass is 32.2. The molecule has 0 aromatic heterocycles. The van der Waals surface area contributed by atoms with Crippen molar-refractivity contribution in [2.75, 3.05) is 32.1 Å². The van der Waals surface area contributed by atoms with Crippen LogP contribution in [0.3, 0.4) is 0 Å². The van der Waals surface area contributed by atoms with Crippen LogP contribution < -0.4 is 5.32 Å². The van der Waals surface area contributed by atoms with Gasteiger partial charge in [-0.05, 0) is 19.1 Å². The lowest BCUT2D eigenvalue weighted by Crippen LogP contribution is -2.34. The normalized spacial score (nSPS) is 11.4. The predicted molar refractivity (Wildman–Crippen MR) is 95.2 cm³/mol. The maximum absolute atomic E-state index is 11.8. The molecule has 24 heavy (non-hydrogen) atoms. The van der Waals surface area contributed by atoms with Crippen LogP contribution in [-0.4, -0.2) is 50.3 Å². The Hall–Kier alpha value is -1.99. The number of thioether (sulfide) groups is 1. The smallest absolute Gasteiger partial charge is 0.407 e. The SMILES string of the molecule is C=CC(=O)OCCNC(=O)OC(COCC)CSc1ccccc1.[HH]. The van der Waals surface area contributed by atoms with Crippen molar-refractivity contribution in [2.45, 2.75) is 17.9 Å². The summed E-state index contributed by atoms with van der Waals surface area (Å²) in [6.07, 6.45) is 0.131. The highest BCUT2D eigenvalue weighted by Crippen LogP contribution is 2.19. The summed E-state index contributed by atoms with van der Waals surface area (Å²) in [4.78, 5) is 23.7. The molecule has 1 unspecified atom stereocenters. The first-order chi connectivity index (χ1) is 11.7. The predicted octanol–water partition coefficient (Wildman–Crippen LogP) is 2.89. The van der Waals surface area contributed by atoms with Gasteiger partial charge in [-0.1, -0.05) is 24.8 Å². The second-order valence-electron chi connectivity index (χ2n) is 4.61. The number of hydrogen-bond acceptors (Lipinski definition) is 6. The van der Waals surface area contributed by atoms with Gasteiger partial charge in [-0.15, -0.1) is 11.8 Å². The van der Waals surface area contributed by atoms with E-state index >= 15 is 0 Å². The number of hydrogen-bond donors (Lipinski definition) is 1. The lowest BCUT2D eigenvalue weighted by atomic mass is 10.4. The molecule has 6 nitrogen and oxygen atoms in total. The molecule has 0 aliphatic rings. The standard InChI is InChI=1S/C17H23NO5S.H2/c1-3-16(19)22-11-10-18-17(20)23-14(12-21-4-2)13-24-15-8-6-5-7-9-15;/h3,5-9,14H,1,4,10-13H2,2H3,(H,18,20);1H.